The molecule has 0 aliphatic carbocycles. The van der Waals surface area contributed by atoms with E-state index < -0.39 is 0 Å². The van der Waals surface area contributed by atoms with E-state index in [0.717, 1.165) is 37.9 Å². The average molecular weight is 356 g/mol. The highest BCUT2D eigenvalue weighted by Crippen LogP contribution is 2.22. The predicted octanol–water partition coefficient (Wildman–Crippen LogP) is 2.62. The molecule has 1 aliphatic heterocycles. The number of nitrogens with zero attached hydrogens (tertiary/aromatic N) is 6. The van der Waals surface area contributed by atoms with Gasteiger partial charge < -0.3 is 4.52 Å². The highest BCUT2D eigenvalue weighted by Gasteiger charge is 2.20. The minimum absolute atomic E-state index is 0.252. The van der Waals surface area contributed by atoms with Gasteiger partial charge in [-0.15, -0.1) is 5.10 Å². The Balaban J connectivity index is 1.34. The third-order valence-electron chi connectivity index (χ3n) is 4.73. The predicted molar refractivity (Wildman–Crippen MR) is 91.7 cm³/mol. The summed E-state index contributed by atoms with van der Waals surface area (Å²) in [5, 5.41) is 12.0. The summed E-state index contributed by atoms with van der Waals surface area (Å²) in [6.07, 6.45) is 7.32. The van der Waals surface area contributed by atoms with E-state index in [1.807, 2.05) is 16.9 Å². The first-order chi connectivity index (χ1) is 12.8. The topological polar surface area (TPSA) is 72.9 Å². The van der Waals surface area contributed by atoms with Crippen molar-refractivity contribution in [1.82, 2.24) is 30.0 Å². The van der Waals surface area contributed by atoms with Crippen LogP contribution in [0, 0.1) is 5.82 Å². The quantitative estimate of drug-likeness (QED) is 0.700. The Bertz CT molecular complexity index is 834. The lowest BCUT2D eigenvalue weighted by molar-refractivity contribution is 0.230. The molecular weight excluding hydrogens is 335 g/mol. The van der Waals surface area contributed by atoms with Crippen LogP contribution in [0.2, 0.25) is 0 Å². The number of rotatable bonds is 5. The van der Waals surface area contributed by atoms with Crippen LogP contribution >= 0.6 is 0 Å². The third-order valence-corrected chi connectivity index (χ3v) is 4.73. The summed E-state index contributed by atoms with van der Waals surface area (Å²) in [6, 6.07) is 6.87. The minimum Gasteiger partial charge on any atom is -0.338 e. The molecule has 1 aromatic carbocycles. The largest absolute Gasteiger partial charge is 0.338 e. The number of likely N-dealkylation sites (tertiary alicyclic amines) is 1. The molecule has 0 radical (unpaired) electrons. The standard InChI is InChI=1S/C18H21FN6O/c19-15-4-1-3-14(11-15)12-17-21-18(26-22-17)13-24-8-2-5-16(6-9-24)25-10-7-20-23-25/h1,3-4,7,10-11,16H,2,5-6,8-9,12-13H2. The summed E-state index contributed by atoms with van der Waals surface area (Å²) >= 11 is 0. The summed E-state index contributed by atoms with van der Waals surface area (Å²) in [4.78, 5) is 6.79. The normalized spacial score (nSPS) is 18.7. The van der Waals surface area contributed by atoms with Crippen molar-refractivity contribution in [3.8, 4) is 0 Å². The van der Waals surface area contributed by atoms with Crippen molar-refractivity contribution in [2.45, 2.75) is 38.3 Å². The molecule has 0 spiro atoms. The van der Waals surface area contributed by atoms with Gasteiger partial charge in [-0.3, -0.25) is 4.90 Å². The van der Waals surface area contributed by atoms with E-state index in [-0.39, 0.29) is 5.82 Å². The molecular formula is C18H21FN6O. The summed E-state index contributed by atoms with van der Waals surface area (Å²) < 4.78 is 20.6. The molecule has 1 unspecified atom stereocenters. The van der Waals surface area contributed by atoms with Gasteiger partial charge in [-0.1, -0.05) is 22.5 Å². The summed E-state index contributed by atoms with van der Waals surface area (Å²) in [7, 11) is 0. The van der Waals surface area contributed by atoms with Gasteiger partial charge in [-0.25, -0.2) is 9.07 Å². The molecule has 3 aromatic rings. The summed E-state index contributed by atoms with van der Waals surface area (Å²) in [5.41, 5.74) is 0.836. The van der Waals surface area contributed by atoms with E-state index in [0.29, 0.717) is 30.7 Å². The van der Waals surface area contributed by atoms with E-state index in [2.05, 4.69) is 25.4 Å². The van der Waals surface area contributed by atoms with Gasteiger partial charge in [0.1, 0.15) is 5.82 Å². The van der Waals surface area contributed by atoms with Crippen molar-refractivity contribution in [3.63, 3.8) is 0 Å². The first-order valence-electron chi connectivity index (χ1n) is 8.90. The maximum Gasteiger partial charge on any atom is 0.240 e. The second kappa shape index (κ2) is 7.74. The van der Waals surface area contributed by atoms with Gasteiger partial charge in [0.25, 0.3) is 0 Å². The van der Waals surface area contributed by atoms with Crippen molar-refractivity contribution in [2.75, 3.05) is 13.1 Å². The van der Waals surface area contributed by atoms with E-state index in [9.17, 15) is 4.39 Å². The van der Waals surface area contributed by atoms with Crippen molar-refractivity contribution >= 4 is 0 Å². The van der Waals surface area contributed by atoms with Crippen LogP contribution in [0.25, 0.3) is 0 Å². The smallest absolute Gasteiger partial charge is 0.240 e. The maximum absolute atomic E-state index is 13.3. The number of aromatic nitrogens is 5. The van der Waals surface area contributed by atoms with Gasteiger partial charge >= 0.3 is 0 Å². The molecule has 136 valence electrons. The van der Waals surface area contributed by atoms with E-state index in [1.54, 1.807) is 12.3 Å². The zero-order valence-corrected chi connectivity index (χ0v) is 14.5. The molecule has 1 fully saturated rings. The lowest BCUT2D eigenvalue weighted by Gasteiger charge is -2.17. The number of hydrogen-bond donors (Lipinski definition) is 0. The molecule has 0 N–H and O–H groups in total. The third kappa shape index (κ3) is 4.13. The fraction of sp³-hybridized carbons (Fsp3) is 0.444. The van der Waals surface area contributed by atoms with Gasteiger partial charge in [-0.2, -0.15) is 4.98 Å². The fourth-order valence-corrected chi connectivity index (χ4v) is 3.42. The van der Waals surface area contributed by atoms with Gasteiger partial charge in [0.2, 0.25) is 5.89 Å². The number of benzene rings is 1. The molecule has 1 aliphatic rings. The Morgan fingerprint density at radius 1 is 1.23 bits per heavy atom. The Hall–Kier alpha value is -2.61. The number of halogens is 1. The van der Waals surface area contributed by atoms with Crippen LogP contribution in [0.15, 0.2) is 41.2 Å². The van der Waals surface area contributed by atoms with Crippen molar-refractivity contribution in [1.29, 1.82) is 0 Å². The van der Waals surface area contributed by atoms with E-state index in [4.69, 9.17) is 4.52 Å². The lowest BCUT2D eigenvalue weighted by atomic mass is 10.1. The van der Waals surface area contributed by atoms with Crippen LogP contribution < -0.4 is 0 Å². The maximum atomic E-state index is 13.3. The Kier molecular flexibility index (Phi) is 5.01. The molecule has 26 heavy (non-hydrogen) atoms. The highest BCUT2D eigenvalue weighted by atomic mass is 19.1. The van der Waals surface area contributed by atoms with Crippen LogP contribution in [0.5, 0.6) is 0 Å². The Labute approximate surface area is 150 Å². The Morgan fingerprint density at radius 2 is 2.19 bits per heavy atom. The Morgan fingerprint density at radius 3 is 3.04 bits per heavy atom. The van der Waals surface area contributed by atoms with Crippen LogP contribution in [0.1, 0.15) is 42.6 Å². The first kappa shape index (κ1) is 16.8. The van der Waals surface area contributed by atoms with Gasteiger partial charge in [0.15, 0.2) is 5.82 Å². The van der Waals surface area contributed by atoms with Crippen LogP contribution in [0.3, 0.4) is 0 Å². The monoisotopic (exact) mass is 356 g/mol. The van der Waals surface area contributed by atoms with Gasteiger partial charge in [0.05, 0.1) is 18.8 Å². The van der Waals surface area contributed by atoms with Crippen molar-refractivity contribution < 1.29 is 8.91 Å². The lowest BCUT2D eigenvalue weighted by Crippen LogP contribution is -2.24. The highest BCUT2D eigenvalue weighted by molar-refractivity contribution is 5.19. The van der Waals surface area contributed by atoms with Crippen LogP contribution in [0.4, 0.5) is 4.39 Å². The molecule has 4 rings (SSSR count). The van der Waals surface area contributed by atoms with E-state index >= 15 is 0 Å². The molecule has 3 heterocycles. The van der Waals surface area contributed by atoms with Crippen molar-refractivity contribution in [3.05, 3.63) is 59.8 Å². The molecule has 1 saturated heterocycles. The van der Waals surface area contributed by atoms with E-state index in [1.165, 1.54) is 12.1 Å². The second-order valence-corrected chi connectivity index (χ2v) is 6.65. The molecule has 0 amide bonds. The fourth-order valence-electron chi connectivity index (χ4n) is 3.42. The number of hydrogen-bond acceptors (Lipinski definition) is 6. The second-order valence-electron chi connectivity index (χ2n) is 6.65. The molecule has 8 heteroatoms. The van der Waals surface area contributed by atoms with Gasteiger partial charge in [0, 0.05) is 19.2 Å². The minimum atomic E-state index is -0.252. The van der Waals surface area contributed by atoms with Crippen molar-refractivity contribution in [2.24, 2.45) is 0 Å². The average Bonchev–Trinajstić information content (AvgIpc) is 3.25. The summed E-state index contributed by atoms with van der Waals surface area (Å²) in [5.74, 6) is 0.939. The molecule has 2 aromatic heterocycles. The first-order valence-corrected chi connectivity index (χ1v) is 8.90. The zero-order chi connectivity index (χ0) is 17.8. The van der Waals surface area contributed by atoms with Gasteiger partial charge in [-0.05, 0) is 43.5 Å². The van der Waals surface area contributed by atoms with Crippen LogP contribution in [-0.4, -0.2) is 43.1 Å². The summed E-state index contributed by atoms with van der Waals surface area (Å²) in [6.45, 7) is 2.58. The molecule has 7 nitrogen and oxygen atoms in total. The molecule has 1 atom stereocenters. The van der Waals surface area contributed by atoms with Crippen LogP contribution in [-0.2, 0) is 13.0 Å². The SMILES string of the molecule is Fc1cccc(Cc2noc(CN3CCCC(n4ccnn4)CC3)n2)c1. The zero-order valence-electron chi connectivity index (χ0n) is 14.5. The molecule has 0 saturated carbocycles. The molecule has 0 bridgehead atoms.